The van der Waals surface area contributed by atoms with E-state index >= 15 is 0 Å². The van der Waals surface area contributed by atoms with Crippen LogP contribution in [-0.2, 0) is 16.6 Å². The van der Waals surface area contributed by atoms with Gasteiger partial charge in [-0.05, 0) is 46.1 Å². The molecular formula is C12H11BrClNO2S2. The maximum Gasteiger partial charge on any atom is 0.250 e. The summed E-state index contributed by atoms with van der Waals surface area (Å²) in [6.45, 7) is 2.03. The first-order valence-electron chi connectivity index (χ1n) is 5.39. The molecule has 1 aromatic heterocycles. The van der Waals surface area contributed by atoms with Crippen LogP contribution in [0.5, 0.6) is 0 Å². The molecule has 0 atom stereocenters. The van der Waals surface area contributed by atoms with E-state index in [0.29, 0.717) is 9.23 Å². The van der Waals surface area contributed by atoms with Gasteiger partial charge in [-0.2, -0.15) is 0 Å². The lowest BCUT2D eigenvalue weighted by Crippen LogP contribution is -2.22. The zero-order chi connectivity index (χ0) is 14.0. The van der Waals surface area contributed by atoms with Crippen LogP contribution in [0, 0.1) is 6.92 Å². The summed E-state index contributed by atoms with van der Waals surface area (Å²) < 4.78 is 27.9. The van der Waals surface area contributed by atoms with Crippen LogP contribution in [0.1, 0.15) is 11.1 Å². The number of rotatable bonds is 4. The summed E-state index contributed by atoms with van der Waals surface area (Å²) in [5.74, 6) is 0. The number of hydrogen-bond donors (Lipinski definition) is 1. The number of sulfonamides is 1. The highest BCUT2D eigenvalue weighted by Gasteiger charge is 2.18. The zero-order valence-corrected chi connectivity index (χ0v) is 14.0. The highest BCUT2D eigenvalue weighted by Crippen LogP contribution is 2.30. The molecule has 0 amide bonds. The van der Waals surface area contributed by atoms with Crippen molar-refractivity contribution in [2.45, 2.75) is 17.7 Å². The Bertz CT molecular complexity index is 678. The van der Waals surface area contributed by atoms with E-state index in [1.165, 1.54) is 11.3 Å². The summed E-state index contributed by atoms with van der Waals surface area (Å²) in [7, 11) is -3.50. The van der Waals surface area contributed by atoms with Crippen LogP contribution < -0.4 is 4.72 Å². The molecule has 2 aromatic rings. The Hall–Kier alpha value is -0.400. The molecule has 0 radical (unpaired) electrons. The number of benzene rings is 1. The fourth-order valence-electron chi connectivity index (χ4n) is 1.45. The van der Waals surface area contributed by atoms with Gasteiger partial charge in [0, 0.05) is 11.6 Å². The monoisotopic (exact) mass is 379 g/mol. The Morgan fingerprint density at radius 2 is 2.05 bits per heavy atom. The summed E-state index contributed by atoms with van der Waals surface area (Å²) in [5, 5.41) is 0.550. The number of halogens is 2. The minimum absolute atomic E-state index is 0.177. The van der Waals surface area contributed by atoms with E-state index in [9.17, 15) is 8.42 Å². The molecule has 0 bridgehead atoms. The fourth-order valence-corrected chi connectivity index (χ4v) is 4.93. The molecule has 1 N–H and O–H groups in total. The molecule has 0 saturated carbocycles. The maximum absolute atomic E-state index is 12.1. The second-order valence-electron chi connectivity index (χ2n) is 3.94. The van der Waals surface area contributed by atoms with E-state index in [2.05, 4.69) is 20.7 Å². The van der Waals surface area contributed by atoms with Gasteiger partial charge < -0.3 is 0 Å². The van der Waals surface area contributed by atoms with Gasteiger partial charge in [-0.15, -0.1) is 11.3 Å². The lowest BCUT2D eigenvalue weighted by atomic mass is 10.2. The smallest absolute Gasteiger partial charge is 0.206 e. The maximum atomic E-state index is 12.1. The van der Waals surface area contributed by atoms with Gasteiger partial charge in [0.25, 0.3) is 0 Å². The van der Waals surface area contributed by atoms with E-state index in [1.807, 2.05) is 13.0 Å². The Kier molecular flexibility index (Phi) is 4.68. The summed E-state index contributed by atoms with van der Waals surface area (Å²) in [4.78, 5) is 0. The molecule has 0 aliphatic heterocycles. The van der Waals surface area contributed by atoms with Gasteiger partial charge in [-0.3, -0.25) is 0 Å². The number of aryl methyl sites for hydroxylation is 1. The Morgan fingerprint density at radius 1 is 1.37 bits per heavy atom. The Labute approximate surface area is 129 Å². The molecule has 2 rings (SSSR count). The van der Waals surface area contributed by atoms with E-state index in [0.717, 1.165) is 14.9 Å². The van der Waals surface area contributed by atoms with E-state index in [-0.39, 0.29) is 6.54 Å². The zero-order valence-electron chi connectivity index (χ0n) is 9.98. The standard InChI is InChI=1S/C12H11BrClNO2S2/c1-8-6-11(18-12(8)13)19(16,17)15-7-9-4-2-3-5-10(9)14/h2-6,15H,7H2,1H3. The van der Waals surface area contributed by atoms with Crippen LogP contribution in [0.3, 0.4) is 0 Å². The van der Waals surface area contributed by atoms with E-state index < -0.39 is 10.0 Å². The minimum atomic E-state index is -3.50. The molecular weight excluding hydrogens is 370 g/mol. The lowest BCUT2D eigenvalue weighted by molar-refractivity contribution is 0.583. The van der Waals surface area contributed by atoms with Crippen LogP contribution >= 0.6 is 38.9 Å². The summed E-state index contributed by atoms with van der Waals surface area (Å²) >= 11 is 10.5. The fraction of sp³-hybridized carbons (Fsp3) is 0.167. The average Bonchev–Trinajstić information content (AvgIpc) is 2.70. The van der Waals surface area contributed by atoms with Crippen LogP contribution in [0.2, 0.25) is 5.02 Å². The van der Waals surface area contributed by atoms with Crippen LogP contribution in [0.4, 0.5) is 0 Å². The van der Waals surface area contributed by atoms with Crippen molar-refractivity contribution in [3.05, 3.63) is 50.3 Å². The van der Waals surface area contributed by atoms with Crippen molar-refractivity contribution in [2.75, 3.05) is 0 Å². The van der Waals surface area contributed by atoms with Gasteiger partial charge in [0.05, 0.1) is 3.79 Å². The van der Waals surface area contributed by atoms with Gasteiger partial charge in [-0.1, -0.05) is 29.8 Å². The topological polar surface area (TPSA) is 46.2 Å². The van der Waals surface area contributed by atoms with Gasteiger partial charge in [-0.25, -0.2) is 13.1 Å². The third-order valence-electron chi connectivity index (χ3n) is 2.51. The summed E-state index contributed by atoms with van der Waals surface area (Å²) in [6, 6.07) is 8.79. The Balaban J connectivity index is 2.17. The van der Waals surface area contributed by atoms with Crippen LogP contribution in [0.25, 0.3) is 0 Å². The van der Waals surface area contributed by atoms with Gasteiger partial charge in [0.15, 0.2) is 0 Å². The molecule has 0 spiro atoms. The molecule has 19 heavy (non-hydrogen) atoms. The van der Waals surface area contributed by atoms with Gasteiger partial charge in [0.1, 0.15) is 4.21 Å². The van der Waals surface area contributed by atoms with Crippen molar-refractivity contribution < 1.29 is 8.42 Å². The van der Waals surface area contributed by atoms with Crippen molar-refractivity contribution in [1.82, 2.24) is 4.72 Å². The van der Waals surface area contributed by atoms with Crippen LogP contribution in [0.15, 0.2) is 38.3 Å². The van der Waals surface area contributed by atoms with Crippen LogP contribution in [-0.4, -0.2) is 8.42 Å². The first-order valence-corrected chi connectivity index (χ1v) is 8.86. The van der Waals surface area contributed by atoms with Crippen molar-refractivity contribution in [2.24, 2.45) is 0 Å². The second-order valence-corrected chi connectivity index (χ2v) is 8.71. The van der Waals surface area contributed by atoms with Crippen molar-refractivity contribution >= 4 is 48.9 Å². The molecule has 102 valence electrons. The third kappa shape index (κ3) is 3.58. The number of nitrogens with one attached hydrogen (secondary N) is 1. The largest absolute Gasteiger partial charge is 0.250 e. The minimum Gasteiger partial charge on any atom is -0.206 e. The van der Waals surface area contributed by atoms with E-state index in [4.69, 9.17) is 11.6 Å². The molecule has 1 heterocycles. The molecule has 0 aliphatic carbocycles. The van der Waals surface area contributed by atoms with Crippen molar-refractivity contribution in [3.63, 3.8) is 0 Å². The lowest BCUT2D eigenvalue weighted by Gasteiger charge is -2.06. The molecule has 3 nitrogen and oxygen atoms in total. The average molecular weight is 381 g/mol. The predicted molar refractivity (Wildman–Crippen MR) is 82.2 cm³/mol. The summed E-state index contributed by atoms with van der Waals surface area (Å²) in [5.41, 5.74) is 1.66. The normalized spacial score (nSPS) is 11.7. The highest BCUT2D eigenvalue weighted by atomic mass is 79.9. The first kappa shape index (κ1) is 15.0. The number of hydrogen-bond acceptors (Lipinski definition) is 3. The second kappa shape index (κ2) is 5.93. The highest BCUT2D eigenvalue weighted by molar-refractivity contribution is 9.11. The van der Waals surface area contributed by atoms with Crippen molar-refractivity contribution in [3.8, 4) is 0 Å². The van der Waals surface area contributed by atoms with Crippen molar-refractivity contribution in [1.29, 1.82) is 0 Å². The SMILES string of the molecule is Cc1cc(S(=O)(=O)NCc2ccccc2Cl)sc1Br. The van der Waals surface area contributed by atoms with Gasteiger partial charge >= 0.3 is 0 Å². The number of thiophene rings is 1. The molecule has 7 heteroatoms. The molecule has 0 fully saturated rings. The molecule has 0 unspecified atom stereocenters. The predicted octanol–water partition coefficient (Wildman–Crippen LogP) is 3.95. The molecule has 0 saturated heterocycles. The van der Waals surface area contributed by atoms with E-state index in [1.54, 1.807) is 24.3 Å². The van der Waals surface area contributed by atoms with Gasteiger partial charge in [0.2, 0.25) is 10.0 Å². The molecule has 0 aliphatic rings. The first-order chi connectivity index (χ1) is 8.90. The molecule has 1 aromatic carbocycles. The summed E-state index contributed by atoms with van der Waals surface area (Å²) in [6.07, 6.45) is 0. The Morgan fingerprint density at radius 3 is 2.63 bits per heavy atom. The third-order valence-corrected chi connectivity index (χ3v) is 6.89. The quantitative estimate of drug-likeness (QED) is 0.873.